The van der Waals surface area contributed by atoms with Crippen molar-refractivity contribution in [2.24, 2.45) is 5.84 Å². The van der Waals surface area contributed by atoms with Gasteiger partial charge < -0.3 is 0 Å². The second-order valence-electron chi connectivity index (χ2n) is 1.92. The zero-order chi connectivity index (χ0) is 6.57. The Morgan fingerprint density at radius 2 is 2.25 bits per heavy atom. The highest BCUT2D eigenvalue weighted by molar-refractivity contribution is 4.52. The molecule has 3 N–H and O–H groups in total. The summed E-state index contributed by atoms with van der Waals surface area (Å²) in [6.45, 7) is 5.13. The maximum Gasteiger partial charge on any atom is 0.0695 e. The van der Waals surface area contributed by atoms with Gasteiger partial charge in [-0.1, -0.05) is 6.92 Å². The summed E-state index contributed by atoms with van der Waals surface area (Å²) in [5.41, 5.74) is 2.64. The van der Waals surface area contributed by atoms with Crippen molar-refractivity contribution in [1.82, 2.24) is 10.3 Å². The molecule has 0 fully saturated rings. The highest BCUT2D eigenvalue weighted by atomic mass is 15.4. The Kier molecular flexibility index (Phi) is 3.77. The molecule has 0 spiro atoms. The molecule has 0 saturated heterocycles. The summed E-state index contributed by atoms with van der Waals surface area (Å²) < 4.78 is 0. The first-order valence-electron chi connectivity index (χ1n) is 2.88. The molecule has 0 rings (SSSR count). The molecule has 0 unspecified atom stereocenters. The van der Waals surface area contributed by atoms with Gasteiger partial charge in [0.05, 0.1) is 6.17 Å². The first-order valence-corrected chi connectivity index (χ1v) is 2.88. The first kappa shape index (κ1) is 7.88. The Balaban J connectivity index is 3.29. The van der Waals surface area contributed by atoms with Crippen LogP contribution in [0.1, 0.15) is 13.8 Å². The fourth-order valence-corrected chi connectivity index (χ4v) is 0.401. The molecule has 3 heteroatoms. The third kappa shape index (κ3) is 2.26. The van der Waals surface area contributed by atoms with Crippen molar-refractivity contribution in [2.45, 2.75) is 20.0 Å². The summed E-state index contributed by atoms with van der Waals surface area (Å²) in [4.78, 5) is 2.11. The third-order valence-corrected chi connectivity index (χ3v) is 1.40. The molecule has 0 aliphatic heterocycles. The summed E-state index contributed by atoms with van der Waals surface area (Å²) in [6, 6.07) is 0. The second-order valence-corrected chi connectivity index (χ2v) is 1.92. The van der Waals surface area contributed by atoms with Crippen LogP contribution in [0.15, 0.2) is 0 Å². The quantitative estimate of drug-likeness (QED) is 0.304. The molecule has 0 amide bonds. The van der Waals surface area contributed by atoms with Gasteiger partial charge in [0.15, 0.2) is 0 Å². The van der Waals surface area contributed by atoms with Gasteiger partial charge in [0, 0.05) is 0 Å². The maximum absolute atomic E-state index is 5.16. The van der Waals surface area contributed by atoms with Crippen molar-refractivity contribution < 1.29 is 0 Å². The van der Waals surface area contributed by atoms with Gasteiger partial charge in [-0.25, -0.2) is 5.43 Å². The summed E-state index contributed by atoms with van der Waals surface area (Å²) in [6.07, 6.45) is 0.278. The van der Waals surface area contributed by atoms with Crippen LogP contribution < -0.4 is 11.3 Å². The molecule has 0 heterocycles. The molecule has 50 valence electrons. The van der Waals surface area contributed by atoms with E-state index in [1.165, 1.54) is 0 Å². The van der Waals surface area contributed by atoms with E-state index in [9.17, 15) is 0 Å². The molecule has 0 bridgehead atoms. The van der Waals surface area contributed by atoms with Gasteiger partial charge >= 0.3 is 0 Å². The molecule has 0 aromatic rings. The lowest BCUT2D eigenvalue weighted by Crippen LogP contribution is -2.44. The molecule has 1 atom stereocenters. The lowest BCUT2D eigenvalue weighted by molar-refractivity contribution is 0.233. The predicted octanol–water partition coefficient (Wildman–Crippen LogP) is -0.253. The minimum absolute atomic E-state index is 0.278. The molecule has 0 radical (unpaired) electrons. The Morgan fingerprint density at radius 1 is 1.75 bits per heavy atom. The standard InChI is InChI=1S/C5H15N3/c1-4-8(3)5(2)7-6/h5,7H,4,6H2,1-3H3/t5-/m0/s1. The molecule has 0 saturated carbocycles. The van der Waals surface area contributed by atoms with E-state index in [0.717, 1.165) is 6.54 Å². The number of nitrogens with two attached hydrogens (primary N) is 1. The number of nitrogens with one attached hydrogen (secondary N) is 1. The minimum Gasteiger partial charge on any atom is -0.291 e. The summed E-state index contributed by atoms with van der Waals surface area (Å²) in [5.74, 6) is 5.16. The van der Waals surface area contributed by atoms with Crippen LogP contribution in [0.2, 0.25) is 0 Å². The predicted molar refractivity (Wildman–Crippen MR) is 35.1 cm³/mol. The van der Waals surface area contributed by atoms with E-state index in [2.05, 4.69) is 17.2 Å². The van der Waals surface area contributed by atoms with Crippen LogP contribution in [0.25, 0.3) is 0 Å². The highest BCUT2D eigenvalue weighted by Crippen LogP contribution is 1.85. The van der Waals surface area contributed by atoms with E-state index in [4.69, 9.17) is 5.84 Å². The van der Waals surface area contributed by atoms with Crippen LogP contribution >= 0.6 is 0 Å². The van der Waals surface area contributed by atoms with E-state index in [-0.39, 0.29) is 6.17 Å². The van der Waals surface area contributed by atoms with Crippen molar-refractivity contribution in [2.75, 3.05) is 13.6 Å². The second kappa shape index (κ2) is 3.83. The number of hydrogen-bond acceptors (Lipinski definition) is 3. The number of nitrogens with zero attached hydrogens (tertiary/aromatic N) is 1. The zero-order valence-corrected chi connectivity index (χ0v) is 5.81. The van der Waals surface area contributed by atoms with Gasteiger partial charge in [-0.15, -0.1) is 0 Å². The Labute approximate surface area is 50.8 Å². The van der Waals surface area contributed by atoms with Crippen LogP contribution in [0.3, 0.4) is 0 Å². The lowest BCUT2D eigenvalue weighted by atomic mass is 10.5. The van der Waals surface area contributed by atoms with Gasteiger partial charge in [0.1, 0.15) is 0 Å². The largest absolute Gasteiger partial charge is 0.291 e. The average molecular weight is 117 g/mol. The van der Waals surface area contributed by atoms with Crippen LogP contribution in [-0.4, -0.2) is 24.7 Å². The monoisotopic (exact) mass is 117 g/mol. The smallest absolute Gasteiger partial charge is 0.0695 e. The first-order chi connectivity index (χ1) is 3.72. The molecule has 0 aromatic carbocycles. The molecule has 8 heavy (non-hydrogen) atoms. The lowest BCUT2D eigenvalue weighted by Gasteiger charge is -2.21. The van der Waals surface area contributed by atoms with Crippen molar-refractivity contribution in [3.63, 3.8) is 0 Å². The van der Waals surface area contributed by atoms with Crippen molar-refractivity contribution >= 4 is 0 Å². The molecule has 0 aliphatic carbocycles. The molecular weight excluding hydrogens is 102 g/mol. The zero-order valence-electron chi connectivity index (χ0n) is 5.81. The fourth-order valence-electron chi connectivity index (χ4n) is 0.401. The third-order valence-electron chi connectivity index (χ3n) is 1.40. The van der Waals surface area contributed by atoms with Crippen molar-refractivity contribution in [3.05, 3.63) is 0 Å². The SMILES string of the molecule is CCN(C)[C@@H](C)NN. The van der Waals surface area contributed by atoms with E-state index >= 15 is 0 Å². The number of hydrazine groups is 1. The normalized spacial score (nSPS) is 14.6. The van der Waals surface area contributed by atoms with Crippen LogP contribution in [0.5, 0.6) is 0 Å². The van der Waals surface area contributed by atoms with Crippen LogP contribution in [-0.2, 0) is 0 Å². The molecular formula is C5H15N3. The van der Waals surface area contributed by atoms with Crippen LogP contribution in [0.4, 0.5) is 0 Å². The maximum atomic E-state index is 5.16. The Bertz CT molecular complexity index is 47.6. The molecule has 0 aliphatic rings. The minimum atomic E-state index is 0.278. The number of rotatable bonds is 3. The highest BCUT2D eigenvalue weighted by Gasteiger charge is 2.00. The fraction of sp³-hybridized carbons (Fsp3) is 1.00. The van der Waals surface area contributed by atoms with E-state index < -0.39 is 0 Å². The average Bonchev–Trinajstić information content (AvgIpc) is 1.84. The van der Waals surface area contributed by atoms with Crippen LogP contribution in [0, 0.1) is 0 Å². The molecule has 0 aromatic heterocycles. The topological polar surface area (TPSA) is 41.3 Å². The van der Waals surface area contributed by atoms with Gasteiger partial charge in [-0.3, -0.25) is 10.7 Å². The van der Waals surface area contributed by atoms with E-state index in [1.54, 1.807) is 0 Å². The Morgan fingerprint density at radius 3 is 2.38 bits per heavy atom. The summed E-state index contributed by atoms with van der Waals surface area (Å²) in [5, 5.41) is 0. The molecule has 3 nitrogen and oxygen atoms in total. The van der Waals surface area contributed by atoms with Gasteiger partial charge in [0.2, 0.25) is 0 Å². The van der Waals surface area contributed by atoms with Gasteiger partial charge in [-0.05, 0) is 20.5 Å². The van der Waals surface area contributed by atoms with Gasteiger partial charge in [0.25, 0.3) is 0 Å². The number of hydrogen-bond donors (Lipinski definition) is 2. The van der Waals surface area contributed by atoms with Crippen molar-refractivity contribution in [3.8, 4) is 0 Å². The Hall–Kier alpha value is -0.120. The summed E-state index contributed by atoms with van der Waals surface area (Å²) >= 11 is 0. The van der Waals surface area contributed by atoms with E-state index in [0.29, 0.717) is 0 Å². The van der Waals surface area contributed by atoms with Gasteiger partial charge in [-0.2, -0.15) is 0 Å². The summed E-state index contributed by atoms with van der Waals surface area (Å²) in [7, 11) is 2.02. The van der Waals surface area contributed by atoms with E-state index in [1.807, 2.05) is 14.0 Å². The van der Waals surface area contributed by atoms with Crippen molar-refractivity contribution in [1.29, 1.82) is 0 Å².